The molecule has 1 amide bonds. The van der Waals surface area contributed by atoms with Gasteiger partial charge in [-0.05, 0) is 41.0 Å². The minimum absolute atomic E-state index is 0.0122. The third-order valence-electron chi connectivity index (χ3n) is 5.24. The zero-order valence-corrected chi connectivity index (χ0v) is 18.7. The van der Waals surface area contributed by atoms with Crippen molar-refractivity contribution in [2.45, 2.75) is 89.2 Å². The highest BCUT2D eigenvalue weighted by Crippen LogP contribution is 2.49. The number of amides is 1. The average molecular weight is 445 g/mol. The molecule has 5 atom stereocenters. The molecule has 11 nitrogen and oxygen atoms in total. The van der Waals surface area contributed by atoms with Gasteiger partial charge in [-0.3, -0.25) is 9.59 Å². The van der Waals surface area contributed by atoms with E-state index in [9.17, 15) is 14.4 Å². The van der Waals surface area contributed by atoms with Crippen LogP contribution in [0.5, 0.6) is 0 Å². The van der Waals surface area contributed by atoms with Crippen molar-refractivity contribution in [3.8, 4) is 0 Å². The first kappa shape index (κ1) is 23.9. The second-order valence-corrected chi connectivity index (χ2v) is 8.55. The van der Waals surface area contributed by atoms with E-state index in [1.54, 1.807) is 34.6 Å². The molecular formula is C20H31NO10. The Morgan fingerprint density at radius 3 is 2.45 bits per heavy atom. The van der Waals surface area contributed by atoms with E-state index >= 15 is 0 Å². The highest BCUT2D eigenvalue weighted by Gasteiger charge is 2.71. The van der Waals surface area contributed by atoms with Gasteiger partial charge in [-0.25, -0.2) is 4.79 Å². The molecule has 0 saturated carbocycles. The first-order chi connectivity index (χ1) is 14.4. The lowest BCUT2D eigenvalue weighted by Crippen LogP contribution is -2.58. The fourth-order valence-corrected chi connectivity index (χ4v) is 3.98. The second-order valence-electron chi connectivity index (χ2n) is 8.55. The van der Waals surface area contributed by atoms with Gasteiger partial charge in [0.2, 0.25) is 0 Å². The fraction of sp³-hybridized carbons (Fsp3) is 0.850. The van der Waals surface area contributed by atoms with E-state index in [0.29, 0.717) is 0 Å². The summed E-state index contributed by atoms with van der Waals surface area (Å²) in [6, 6.07) is -1.11. The van der Waals surface area contributed by atoms with E-state index in [0.717, 1.165) is 0 Å². The van der Waals surface area contributed by atoms with Crippen molar-refractivity contribution in [1.82, 2.24) is 5.32 Å². The van der Waals surface area contributed by atoms with Gasteiger partial charge in [0.25, 0.3) is 11.7 Å². The van der Waals surface area contributed by atoms with Gasteiger partial charge < -0.3 is 38.5 Å². The molecule has 0 spiro atoms. The Bertz CT molecular complexity index is 723. The van der Waals surface area contributed by atoms with Gasteiger partial charge >= 0.3 is 11.9 Å². The van der Waals surface area contributed by atoms with Crippen molar-refractivity contribution >= 4 is 17.8 Å². The van der Waals surface area contributed by atoms with Gasteiger partial charge in [0.15, 0.2) is 17.7 Å². The Balaban J connectivity index is 1.79. The first-order valence-electron chi connectivity index (χ1n) is 10.3. The monoisotopic (exact) mass is 445 g/mol. The van der Waals surface area contributed by atoms with E-state index < -0.39 is 59.6 Å². The maximum Gasteiger partial charge on any atom is 0.328 e. The summed E-state index contributed by atoms with van der Waals surface area (Å²) in [4.78, 5) is 37.3. The molecule has 3 saturated heterocycles. The lowest BCUT2D eigenvalue weighted by molar-refractivity contribution is -0.324. The Labute approximate surface area is 180 Å². The van der Waals surface area contributed by atoms with Crippen LogP contribution in [-0.2, 0) is 47.5 Å². The van der Waals surface area contributed by atoms with Crippen molar-refractivity contribution in [3.05, 3.63) is 0 Å². The number of methoxy groups -OCH3 is 1. The smallest absolute Gasteiger partial charge is 0.328 e. The molecule has 0 aromatic heterocycles. The quantitative estimate of drug-likeness (QED) is 0.550. The summed E-state index contributed by atoms with van der Waals surface area (Å²) >= 11 is 0. The van der Waals surface area contributed by atoms with E-state index in [-0.39, 0.29) is 26.1 Å². The number of fused-ring (bicyclic) bond motifs is 3. The van der Waals surface area contributed by atoms with Crippen LogP contribution in [0.4, 0.5) is 0 Å². The summed E-state index contributed by atoms with van der Waals surface area (Å²) in [7, 11) is 1.19. The van der Waals surface area contributed by atoms with Crippen molar-refractivity contribution in [2.24, 2.45) is 0 Å². The largest absolute Gasteiger partial charge is 0.467 e. The summed E-state index contributed by atoms with van der Waals surface area (Å²) in [6.45, 7) is 8.90. The number of carbonyl (C=O) groups is 3. The predicted molar refractivity (Wildman–Crippen MR) is 102 cm³/mol. The normalized spacial score (nSPS) is 33.7. The van der Waals surface area contributed by atoms with Gasteiger partial charge in [0.05, 0.1) is 20.3 Å². The molecule has 0 aromatic carbocycles. The third-order valence-corrected chi connectivity index (χ3v) is 5.24. The van der Waals surface area contributed by atoms with Crippen molar-refractivity contribution in [2.75, 3.05) is 20.3 Å². The Hall–Kier alpha value is -1.79. The number of nitrogens with one attached hydrogen (secondary N) is 1. The third kappa shape index (κ3) is 4.85. The summed E-state index contributed by atoms with van der Waals surface area (Å²) in [5, 5.41) is 2.59. The van der Waals surface area contributed by atoms with E-state index in [1.165, 1.54) is 7.11 Å². The molecule has 5 unspecified atom stereocenters. The van der Waals surface area contributed by atoms with Crippen LogP contribution in [0.2, 0.25) is 0 Å². The van der Waals surface area contributed by atoms with Crippen LogP contribution in [0.15, 0.2) is 0 Å². The topological polar surface area (TPSA) is 128 Å². The number of hydrogen-bond donors (Lipinski definition) is 1. The Kier molecular flexibility index (Phi) is 6.64. The highest BCUT2D eigenvalue weighted by atomic mass is 16.9. The predicted octanol–water partition coefficient (Wildman–Crippen LogP) is 0.386. The van der Waals surface area contributed by atoms with E-state index in [2.05, 4.69) is 5.32 Å². The lowest BCUT2D eigenvalue weighted by Gasteiger charge is -2.38. The van der Waals surface area contributed by atoms with Crippen LogP contribution >= 0.6 is 0 Å². The Morgan fingerprint density at radius 2 is 1.81 bits per heavy atom. The highest BCUT2D eigenvalue weighted by molar-refractivity contribution is 5.90. The van der Waals surface area contributed by atoms with Crippen LogP contribution in [-0.4, -0.2) is 79.9 Å². The molecule has 3 aliphatic heterocycles. The molecule has 31 heavy (non-hydrogen) atoms. The van der Waals surface area contributed by atoms with Crippen LogP contribution in [0.25, 0.3) is 0 Å². The van der Waals surface area contributed by atoms with Crippen molar-refractivity contribution < 1.29 is 47.5 Å². The Morgan fingerprint density at radius 1 is 1.10 bits per heavy atom. The molecule has 0 aromatic rings. The van der Waals surface area contributed by atoms with Gasteiger partial charge in [-0.1, -0.05) is 0 Å². The molecule has 3 fully saturated rings. The van der Waals surface area contributed by atoms with Gasteiger partial charge in [0.1, 0.15) is 18.2 Å². The molecule has 176 valence electrons. The molecule has 1 N–H and O–H groups in total. The zero-order chi connectivity index (χ0) is 23.0. The minimum Gasteiger partial charge on any atom is -0.467 e. The summed E-state index contributed by atoms with van der Waals surface area (Å²) in [6.07, 6.45) is -2.20. The van der Waals surface area contributed by atoms with Crippen molar-refractivity contribution in [3.63, 3.8) is 0 Å². The maximum absolute atomic E-state index is 13.4. The van der Waals surface area contributed by atoms with E-state index in [4.69, 9.17) is 33.2 Å². The molecule has 3 aliphatic rings. The number of ether oxygens (including phenoxy) is 7. The molecular weight excluding hydrogens is 414 g/mol. The fourth-order valence-electron chi connectivity index (χ4n) is 3.98. The van der Waals surface area contributed by atoms with Gasteiger partial charge in [-0.15, -0.1) is 0 Å². The van der Waals surface area contributed by atoms with Crippen LogP contribution in [0.3, 0.4) is 0 Å². The molecule has 0 radical (unpaired) electrons. The number of esters is 2. The number of carbonyl (C=O) groups excluding carboxylic acids is 3. The maximum atomic E-state index is 13.4. The van der Waals surface area contributed by atoms with E-state index in [1.807, 2.05) is 0 Å². The summed E-state index contributed by atoms with van der Waals surface area (Å²) in [5.41, 5.74) is 0. The minimum atomic E-state index is -1.85. The number of rotatable bonds is 7. The van der Waals surface area contributed by atoms with Crippen LogP contribution < -0.4 is 5.32 Å². The average Bonchev–Trinajstić information content (AvgIpc) is 3.12. The molecule has 3 heterocycles. The SMILES string of the molecule is CCOC(=O)CCC(NC(=O)C12OC3COC(C)(C)OC3C1OC(C)(C)O2)C(=O)OC. The molecule has 11 heteroatoms. The van der Waals surface area contributed by atoms with Crippen molar-refractivity contribution in [1.29, 1.82) is 0 Å². The van der Waals surface area contributed by atoms with Gasteiger partial charge in [-0.2, -0.15) is 0 Å². The molecule has 3 rings (SSSR count). The standard InChI is InChI=1S/C20H31NO10/c1-7-26-13(22)9-8-11(16(23)25-6)21-17(24)20-15(30-19(4,5)31-20)14-12(28-20)10-27-18(2,3)29-14/h11-12,14-15H,7-10H2,1-6H3,(H,21,24). The summed E-state index contributed by atoms with van der Waals surface area (Å²) < 4.78 is 39.2. The molecule has 0 aliphatic carbocycles. The lowest BCUT2D eigenvalue weighted by atomic mass is 10.0. The summed E-state index contributed by atoms with van der Waals surface area (Å²) in [5.74, 6) is -5.79. The van der Waals surface area contributed by atoms with Crippen LogP contribution in [0, 0.1) is 0 Å². The second kappa shape index (κ2) is 8.62. The van der Waals surface area contributed by atoms with Gasteiger partial charge in [0, 0.05) is 6.42 Å². The number of hydrogen-bond acceptors (Lipinski definition) is 10. The zero-order valence-electron chi connectivity index (χ0n) is 18.7. The molecule has 0 bridgehead atoms. The van der Waals surface area contributed by atoms with Crippen LogP contribution in [0.1, 0.15) is 47.5 Å². The first-order valence-corrected chi connectivity index (χ1v) is 10.3.